The van der Waals surface area contributed by atoms with E-state index in [-0.39, 0.29) is 12.1 Å². The lowest BCUT2D eigenvalue weighted by Crippen LogP contribution is -2.42. The van der Waals surface area contributed by atoms with Crippen molar-refractivity contribution in [2.24, 2.45) is 0 Å². The van der Waals surface area contributed by atoms with Gasteiger partial charge in [0.2, 0.25) is 0 Å². The molecule has 2 aromatic rings. The number of benzene rings is 1. The van der Waals surface area contributed by atoms with Crippen LogP contribution in [0.1, 0.15) is 44.9 Å². The zero-order valence-electron chi connectivity index (χ0n) is 14.3. The first-order chi connectivity index (χ1) is 10.9. The van der Waals surface area contributed by atoms with Crippen LogP contribution in [0.4, 0.5) is 0 Å². The van der Waals surface area contributed by atoms with Crippen molar-refractivity contribution in [1.82, 2.24) is 5.32 Å². The summed E-state index contributed by atoms with van der Waals surface area (Å²) in [4.78, 5) is 0. The minimum atomic E-state index is -0.525. The van der Waals surface area contributed by atoms with Gasteiger partial charge in [-0.1, -0.05) is 0 Å². The lowest BCUT2D eigenvalue weighted by molar-refractivity contribution is 0.100. The van der Waals surface area contributed by atoms with Crippen molar-refractivity contribution >= 4 is 11.0 Å². The summed E-state index contributed by atoms with van der Waals surface area (Å²) in [5.74, 6) is 1.93. The average Bonchev–Trinajstić information content (AvgIpc) is 2.88. The fourth-order valence-electron chi connectivity index (χ4n) is 3.01. The van der Waals surface area contributed by atoms with Crippen molar-refractivity contribution in [3.8, 4) is 5.75 Å². The van der Waals surface area contributed by atoms with E-state index in [4.69, 9.17) is 9.15 Å². The highest BCUT2D eigenvalue weighted by atomic mass is 16.5. The third kappa shape index (κ3) is 4.06. The molecule has 1 aliphatic carbocycles. The third-order valence-electron chi connectivity index (χ3n) is 4.24. The second kappa shape index (κ2) is 6.54. The Balaban J connectivity index is 1.64. The third-order valence-corrected chi connectivity index (χ3v) is 4.24. The number of nitrogens with one attached hydrogen (secondary N) is 1. The van der Waals surface area contributed by atoms with Crippen LogP contribution in [0.5, 0.6) is 5.75 Å². The van der Waals surface area contributed by atoms with Crippen LogP contribution < -0.4 is 10.1 Å². The highest BCUT2D eigenvalue weighted by Crippen LogP contribution is 2.33. The van der Waals surface area contributed by atoms with Gasteiger partial charge in [0.1, 0.15) is 29.8 Å². The second-order valence-electron chi connectivity index (χ2n) is 7.46. The number of β-amino-alcohol motifs (C(OH)–C–C–N with tert-alkyl or cyclic N) is 1. The van der Waals surface area contributed by atoms with Crippen LogP contribution in [-0.4, -0.2) is 29.9 Å². The number of aliphatic hydroxyl groups is 1. The highest BCUT2D eigenvalue weighted by molar-refractivity contribution is 5.84. The molecule has 0 bridgehead atoms. The predicted molar refractivity (Wildman–Crippen MR) is 92.1 cm³/mol. The number of aryl methyl sites for hydroxylation is 2. The Hall–Kier alpha value is -1.52. The number of fused-ring (bicyclic) bond motifs is 3. The quantitative estimate of drug-likeness (QED) is 0.887. The van der Waals surface area contributed by atoms with Crippen LogP contribution in [0, 0.1) is 0 Å². The summed E-state index contributed by atoms with van der Waals surface area (Å²) in [7, 11) is 0. The monoisotopic (exact) mass is 317 g/mol. The molecule has 0 spiro atoms. The molecular formula is C19H27NO3. The summed E-state index contributed by atoms with van der Waals surface area (Å²) in [6.07, 6.45) is 4.04. The van der Waals surface area contributed by atoms with Gasteiger partial charge < -0.3 is 19.6 Å². The summed E-state index contributed by atoms with van der Waals surface area (Å²) in [6.45, 7) is 7.05. The molecule has 0 saturated heterocycles. The van der Waals surface area contributed by atoms with Crippen molar-refractivity contribution in [3.05, 3.63) is 29.5 Å². The summed E-state index contributed by atoms with van der Waals surface area (Å²) in [5.41, 5.74) is 2.28. The minimum absolute atomic E-state index is 0.00422. The molecule has 0 aliphatic heterocycles. The molecule has 3 rings (SSSR count). The van der Waals surface area contributed by atoms with Gasteiger partial charge in [0.15, 0.2) is 0 Å². The van der Waals surface area contributed by atoms with Gasteiger partial charge in [-0.15, -0.1) is 0 Å². The molecule has 1 heterocycles. The minimum Gasteiger partial charge on any atom is -0.491 e. The Morgan fingerprint density at radius 2 is 2.04 bits per heavy atom. The predicted octanol–water partition coefficient (Wildman–Crippen LogP) is 3.44. The van der Waals surface area contributed by atoms with E-state index in [1.807, 2.05) is 18.2 Å². The van der Waals surface area contributed by atoms with Gasteiger partial charge in [-0.05, 0) is 58.2 Å². The SMILES string of the molecule is CC(C)(C)NCC(O)COc1ccc2oc3c(c2c1)CCCC3. The lowest BCUT2D eigenvalue weighted by atomic mass is 9.96. The Morgan fingerprint density at radius 3 is 2.83 bits per heavy atom. The smallest absolute Gasteiger partial charge is 0.134 e. The van der Waals surface area contributed by atoms with Crippen LogP contribution in [0.25, 0.3) is 11.0 Å². The van der Waals surface area contributed by atoms with Gasteiger partial charge >= 0.3 is 0 Å². The number of ether oxygens (including phenoxy) is 1. The molecule has 1 aromatic heterocycles. The number of rotatable bonds is 5. The van der Waals surface area contributed by atoms with Gasteiger partial charge in [0.25, 0.3) is 0 Å². The first-order valence-corrected chi connectivity index (χ1v) is 8.52. The zero-order chi connectivity index (χ0) is 16.4. The molecule has 126 valence electrons. The largest absolute Gasteiger partial charge is 0.491 e. The van der Waals surface area contributed by atoms with Gasteiger partial charge in [-0.2, -0.15) is 0 Å². The maximum atomic E-state index is 10.0. The molecule has 0 amide bonds. The van der Waals surface area contributed by atoms with Gasteiger partial charge in [0.05, 0.1) is 0 Å². The number of furan rings is 1. The summed E-state index contributed by atoms with van der Waals surface area (Å²) in [5, 5.41) is 14.5. The molecule has 4 heteroatoms. The Bertz CT molecular complexity index is 669. The van der Waals surface area contributed by atoms with Gasteiger partial charge in [-0.3, -0.25) is 0 Å². The summed E-state index contributed by atoms with van der Waals surface area (Å²) < 4.78 is 11.7. The Morgan fingerprint density at radius 1 is 1.26 bits per heavy atom. The zero-order valence-corrected chi connectivity index (χ0v) is 14.3. The molecule has 1 aliphatic rings. The van der Waals surface area contributed by atoms with Crippen LogP contribution in [0.15, 0.2) is 22.6 Å². The number of aliphatic hydroxyl groups excluding tert-OH is 1. The van der Waals surface area contributed by atoms with Crippen molar-refractivity contribution in [3.63, 3.8) is 0 Å². The van der Waals surface area contributed by atoms with E-state index in [0.29, 0.717) is 6.54 Å². The molecule has 2 N–H and O–H groups in total. The highest BCUT2D eigenvalue weighted by Gasteiger charge is 2.18. The van der Waals surface area contributed by atoms with E-state index >= 15 is 0 Å². The van der Waals surface area contributed by atoms with Crippen molar-refractivity contribution < 1.29 is 14.3 Å². The maximum absolute atomic E-state index is 10.0. The number of hydrogen-bond acceptors (Lipinski definition) is 4. The maximum Gasteiger partial charge on any atom is 0.134 e. The van der Waals surface area contributed by atoms with Crippen molar-refractivity contribution in [1.29, 1.82) is 0 Å². The van der Waals surface area contributed by atoms with E-state index in [0.717, 1.165) is 29.9 Å². The Kier molecular flexibility index (Phi) is 4.64. The Labute approximate surface area is 137 Å². The molecule has 4 nitrogen and oxygen atoms in total. The standard InChI is InChI=1S/C19H27NO3/c1-19(2,3)20-11-13(21)12-22-14-8-9-18-16(10-14)15-6-4-5-7-17(15)23-18/h8-10,13,20-21H,4-7,11-12H2,1-3H3. The molecule has 1 unspecified atom stereocenters. The van der Waals surface area contributed by atoms with E-state index in [9.17, 15) is 5.11 Å². The van der Waals surface area contributed by atoms with E-state index < -0.39 is 6.10 Å². The van der Waals surface area contributed by atoms with Crippen LogP contribution in [0.2, 0.25) is 0 Å². The van der Waals surface area contributed by atoms with Gasteiger partial charge in [-0.25, -0.2) is 0 Å². The fraction of sp³-hybridized carbons (Fsp3) is 0.579. The average molecular weight is 317 g/mol. The van der Waals surface area contributed by atoms with Crippen molar-refractivity contribution in [2.45, 2.75) is 58.1 Å². The second-order valence-corrected chi connectivity index (χ2v) is 7.46. The molecule has 0 radical (unpaired) electrons. The fourth-order valence-corrected chi connectivity index (χ4v) is 3.01. The molecule has 23 heavy (non-hydrogen) atoms. The topological polar surface area (TPSA) is 54.6 Å². The van der Waals surface area contributed by atoms with Crippen molar-refractivity contribution in [2.75, 3.05) is 13.2 Å². The first-order valence-electron chi connectivity index (χ1n) is 8.52. The first kappa shape index (κ1) is 16.3. The van der Waals surface area contributed by atoms with E-state index in [2.05, 4.69) is 26.1 Å². The van der Waals surface area contributed by atoms with Crippen LogP contribution in [-0.2, 0) is 12.8 Å². The molecule has 1 aromatic carbocycles. The van der Waals surface area contributed by atoms with Gasteiger partial charge in [0, 0.05) is 29.5 Å². The summed E-state index contributed by atoms with van der Waals surface area (Å²) >= 11 is 0. The summed E-state index contributed by atoms with van der Waals surface area (Å²) in [6, 6.07) is 5.94. The molecule has 1 atom stereocenters. The normalized spacial score (nSPS) is 16.3. The van der Waals surface area contributed by atoms with Crippen LogP contribution >= 0.6 is 0 Å². The number of hydrogen-bond donors (Lipinski definition) is 2. The molecular weight excluding hydrogens is 290 g/mol. The van der Waals surface area contributed by atoms with Crippen LogP contribution in [0.3, 0.4) is 0 Å². The van der Waals surface area contributed by atoms with E-state index in [1.54, 1.807) is 0 Å². The lowest BCUT2D eigenvalue weighted by Gasteiger charge is -2.23. The van der Waals surface area contributed by atoms with E-state index in [1.165, 1.54) is 23.8 Å². The molecule has 0 fully saturated rings. The molecule has 0 saturated carbocycles.